The first-order valence-corrected chi connectivity index (χ1v) is 5.92. The highest BCUT2D eigenvalue weighted by atomic mass is 19.4. The third-order valence-corrected chi connectivity index (χ3v) is 2.92. The Balaban J connectivity index is 2.40. The molecule has 106 valence electrons. The van der Waals surface area contributed by atoms with Crippen molar-refractivity contribution in [2.45, 2.75) is 38.5 Å². The van der Waals surface area contributed by atoms with Gasteiger partial charge in [0.05, 0.1) is 12.8 Å². The minimum Gasteiger partial charge on any atom is -0.462 e. The van der Waals surface area contributed by atoms with Crippen LogP contribution in [0.4, 0.5) is 19.0 Å². The molecule has 8 heteroatoms. The van der Waals surface area contributed by atoms with Gasteiger partial charge in [0.2, 0.25) is 0 Å². The van der Waals surface area contributed by atoms with Crippen LogP contribution in [-0.2, 0) is 4.74 Å². The predicted octanol–water partition coefficient (Wildman–Crippen LogP) is 2.37. The molecular formula is C11H14F3N3O2. The fourth-order valence-electron chi connectivity index (χ4n) is 2.10. The number of rotatable bonds is 2. The number of alkyl halides is 3. The van der Waals surface area contributed by atoms with Gasteiger partial charge in [0.1, 0.15) is 11.4 Å². The fourth-order valence-corrected chi connectivity index (χ4v) is 2.10. The molecule has 0 spiro atoms. The van der Waals surface area contributed by atoms with Gasteiger partial charge in [0.25, 0.3) is 0 Å². The molecule has 0 saturated heterocycles. The predicted molar refractivity (Wildman–Crippen MR) is 61.0 cm³/mol. The maximum atomic E-state index is 12.9. The van der Waals surface area contributed by atoms with Gasteiger partial charge < -0.3 is 10.1 Å². The van der Waals surface area contributed by atoms with Crippen molar-refractivity contribution < 1.29 is 22.7 Å². The van der Waals surface area contributed by atoms with Crippen LogP contribution in [0.5, 0.6) is 0 Å². The first-order valence-electron chi connectivity index (χ1n) is 5.92. The van der Waals surface area contributed by atoms with Gasteiger partial charge in [-0.15, -0.1) is 0 Å². The molecule has 1 aromatic rings. The highest BCUT2D eigenvalue weighted by molar-refractivity contribution is 5.94. The van der Waals surface area contributed by atoms with E-state index in [2.05, 4.69) is 10.4 Å². The Hall–Kier alpha value is -1.73. The third-order valence-electron chi connectivity index (χ3n) is 2.92. The smallest absolute Gasteiger partial charge is 0.410 e. The van der Waals surface area contributed by atoms with Gasteiger partial charge in [-0.05, 0) is 20.3 Å². The number of nitrogens with one attached hydrogen (secondary N) is 1. The Labute approximate surface area is 107 Å². The zero-order valence-corrected chi connectivity index (χ0v) is 10.5. The summed E-state index contributed by atoms with van der Waals surface area (Å²) in [7, 11) is 0. The number of hydrogen-bond donors (Lipinski definition) is 1. The maximum Gasteiger partial charge on any atom is 0.410 e. The first-order chi connectivity index (χ1) is 8.84. The van der Waals surface area contributed by atoms with E-state index in [9.17, 15) is 18.0 Å². The zero-order valence-electron chi connectivity index (χ0n) is 10.5. The van der Waals surface area contributed by atoms with Crippen LogP contribution in [0.1, 0.15) is 36.7 Å². The van der Waals surface area contributed by atoms with Crippen molar-refractivity contribution >= 4 is 11.8 Å². The van der Waals surface area contributed by atoms with Crippen LogP contribution < -0.4 is 5.32 Å². The minimum atomic E-state index is -4.40. The largest absolute Gasteiger partial charge is 0.462 e. The molecule has 0 aliphatic carbocycles. The molecule has 0 fully saturated rings. The van der Waals surface area contributed by atoms with Gasteiger partial charge in [-0.1, -0.05) is 0 Å². The van der Waals surface area contributed by atoms with Crippen molar-refractivity contribution in [1.82, 2.24) is 9.78 Å². The van der Waals surface area contributed by atoms with E-state index in [1.165, 1.54) is 0 Å². The van der Waals surface area contributed by atoms with Crippen LogP contribution in [0.25, 0.3) is 0 Å². The third kappa shape index (κ3) is 2.52. The van der Waals surface area contributed by atoms with Gasteiger partial charge in [-0.2, -0.15) is 18.3 Å². The Morgan fingerprint density at radius 3 is 2.89 bits per heavy atom. The Morgan fingerprint density at radius 1 is 1.63 bits per heavy atom. The molecule has 0 bridgehead atoms. The number of nitrogens with zero attached hydrogens (tertiary/aromatic N) is 2. The number of anilines is 1. The normalized spacial score (nSPS) is 22.6. The van der Waals surface area contributed by atoms with Crippen molar-refractivity contribution in [1.29, 1.82) is 0 Å². The van der Waals surface area contributed by atoms with Crippen LogP contribution in [0, 0.1) is 0 Å². The molecule has 0 saturated carbocycles. The molecule has 5 nitrogen and oxygen atoms in total. The Morgan fingerprint density at radius 2 is 2.32 bits per heavy atom. The lowest BCUT2D eigenvalue weighted by Crippen LogP contribution is -2.38. The highest BCUT2D eigenvalue weighted by Gasteiger charge is 2.46. The monoisotopic (exact) mass is 277 g/mol. The number of ether oxygens (including phenoxy) is 1. The lowest BCUT2D eigenvalue weighted by atomic mass is 10.1. The second-order valence-corrected chi connectivity index (χ2v) is 4.41. The molecule has 1 aliphatic rings. The summed E-state index contributed by atoms with van der Waals surface area (Å²) < 4.78 is 44.4. The van der Waals surface area contributed by atoms with Gasteiger partial charge in [0.15, 0.2) is 6.04 Å². The summed E-state index contributed by atoms with van der Waals surface area (Å²) in [5.74, 6) is -0.606. The topological polar surface area (TPSA) is 56.1 Å². The summed E-state index contributed by atoms with van der Waals surface area (Å²) in [6.45, 7) is 3.41. The van der Waals surface area contributed by atoms with E-state index >= 15 is 0 Å². The van der Waals surface area contributed by atoms with Crippen LogP contribution in [0.15, 0.2) is 6.20 Å². The number of carbonyl (C=O) groups excluding carboxylic acids is 1. The van der Waals surface area contributed by atoms with E-state index < -0.39 is 24.2 Å². The lowest BCUT2D eigenvalue weighted by Gasteiger charge is -2.31. The maximum absolute atomic E-state index is 12.9. The lowest BCUT2D eigenvalue weighted by molar-refractivity contribution is -0.173. The van der Waals surface area contributed by atoms with Crippen molar-refractivity contribution in [3.63, 3.8) is 0 Å². The molecular weight excluding hydrogens is 263 g/mol. The number of fused-ring (bicyclic) bond motifs is 1. The second-order valence-electron chi connectivity index (χ2n) is 4.41. The number of halogens is 3. The molecule has 0 amide bonds. The van der Waals surface area contributed by atoms with Gasteiger partial charge in [-0.3, -0.25) is 0 Å². The molecule has 0 unspecified atom stereocenters. The molecule has 1 N–H and O–H groups in total. The van der Waals surface area contributed by atoms with Gasteiger partial charge in [-0.25, -0.2) is 9.48 Å². The van der Waals surface area contributed by atoms with E-state index in [1.807, 2.05) is 0 Å². The van der Waals surface area contributed by atoms with Crippen molar-refractivity contribution in [2.24, 2.45) is 0 Å². The fraction of sp³-hybridized carbons (Fsp3) is 0.636. The SMILES string of the molecule is CCOC(=O)c1cnn2c1N[C@H](C)C[C@H]2C(F)(F)F. The van der Waals surface area contributed by atoms with E-state index in [-0.39, 0.29) is 24.4 Å². The number of aromatic nitrogens is 2. The number of hydrogen-bond acceptors (Lipinski definition) is 4. The summed E-state index contributed by atoms with van der Waals surface area (Å²) in [6, 6.07) is -2.12. The van der Waals surface area contributed by atoms with E-state index in [0.717, 1.165) is 10.9 Å². The minimum absolute atomic E-state index is 0.0302. The molecule has 1 aliphatic heterocycles. The molecule has 0 radical (unpaired) electrons. The first kappa shape index (κ1) is 13.7. The van der Waals surface area contributed by atoms with Gasteiger partial charge in [0, 0.05) is 6.04 Å². The van der Waals surface area contributed by atoms with Crippen LogP contribution >= 0.6 is 0 Å². The summed E-state index contributed by atoms with van der Waals surface area (Å²) in [6.07, 6.45) is -3.42. The van der Waals surface area contributed by atoms with Crippen molar-refractivity contribution in [3.8, 4) is 0 Å². The van der Waals surface area contributed by atoms with E-state index in [1.54, 1.807) is 13.8 Å². The summed E-state index contributed by atoms with van der Waals surface area (Å²) in [5.41, 5.74) is 0.0302. The van der Waals surface area contributed by atoms with Gasteiger partial charge >= 0.3 is 12.1 Å². The quantitative estimate of drug-likeness (QED) is 0.843. The van der Waals surface area contributed by atoms with Crippen LogP contribution in [0.2, 0.25) is 0 Å². The number of carbonyl (C=O) groups is 1. The zero-order chi connectivity index (χ0) is 14.2. The number of esters is 1. The standard InChI is InChI=1S/C11H14F3N3O2/c1-3-19-10(18)7-5-15-17-8(11(12,13)14)4-6(2)16-9(7)17/h5-6,8,16H,3-4H2,1-2H3/t6-,8+/m1/s1. The summed E-state index contributed by atoms with van der Waals surface area (Å²) >= 11 is 0. The Kier molecular flexibility index (Phi) is 3.42. The summed E-state index contributed by atoms with van der Waals surface area (Å²) in [4.78, 5) is 11.6. The average Bonchev–Trinajstić information content (AvgIpc) is 2.70. The van der Waals surface area contributed by atoms with E-state index in [0.29, 0.717) is 0 Å². The molecule has 19 heavy (non-hydrogen) atoms. The Bertz CT molecular complexity index is 484. The van der Waals surface area contributed by atoms with Crippen molar-refractivity contribution in [3.05, 3.63) is 11.8 Å². The molecule has 1 aromatic heterocycles. The molecule has 2 heterocycles. The molecule has 2 atom stereocenters. The summed E-state index contributed by atoms with van der Waals surface area (Å²) in [5, 5.41) is 6.53. The average molecular weight is 277 g/mol. The van der Waals surface area contributed by atoms with Crippen LogP contribution in [-0.4, -0.2) is 34.6 Å². The highest BCUT2D eigenvalue weighted by Crippen LogP contribution is 2.40. The second kappa shape index (κ2) is 4.75. The van der Waals surface area contributed by atoms with Crippen molar-refractivity contribution in [2.75, 3.05) is 11.9 Å². The molecule has 0 aromatic carbocycles. The van der Waals surface area contributed by atoms with Crippen LogP contribution in [0.3, 0.4) is 0 Å². The molecule has 2 rings (SSSR count). The van der Waals surface area contributed by atoms with E-state index in [4.69, 9.17) is 4.74 Å².